The van der Waals surface area contributed by atoms with E-state index in [0.717, 1.165) is 43.4 Å². The lowest BCUT2D eigenvalue weighted by Crippen LogP contribution is -2.62. The van der Waals surface area contributed by atoms with Crippen LogP contribution in [-0.4, -0.2) is 93.1 Å². The number of rotatable bonds is 3. The molecule has 4 rings (SSSR count). The highest BCUT2D eigenvalue weighted by molar-refractivity contribution is 5.96. The maximum absolute atomic E-state index is 12.2. The van der Waals surface area contributed by atoms with Gasteiger partial charge in [-0.1, -0.05) is 0 Å². The molecule has 2 fully saturated rings. The summed E-state index contributed by atoms with van der Waals surface area (Å²) in [4.78, 5) is 31.5. The molecule has 2 aromatic rings. The SMILES string of the molecule is Cc1cc(C)n(-c2ccc(N3CCN(C4CC(=O)N(C)C(=O)N4C)CC3)nn2)n1. The summed E-state index contributed by atoms with van der Waals surface area (Å²) in [5.74, 6) is 1.38. The van der Waals surface area contributed by atoms with Crippen molar-refractivity contribution >= 4 is 17.8 Å². The second-order valence-electron chi connectivity index (χ2n) is 7.64. The zero-order chi connectivity index (χ0) is 20.7. The second-order valence-corrected chi connectivity index (χ2v) is 7.64. The van der Waals surface area contributed by atoms with Crippen LogP contribution in [0.4, 0.5) is 10.6 Å². The number of carbonyl (C=O) groups is 2. The van der Waals surface area contributed by atoms with Gasteiger partial charge in [-0.15, -0.1) is 10.2 Å². The monoisotopic (exact) mass is 398 g/mol. The molecule has 10 nitrogen and oxygen atoms in total. The third kappa shape index (κ3) is 3.55. The maximum Gasteiger partial charge on any atom is 0.327 e. The van der Waals surface area contributed by atoms with Gasteiger partial charge in [-0.05, 0) is 32.0 Å². The smallest absolute Gasteiger partial charge is 0.327 e. The average Bonchev–Trinajstić information content (AvgIpc) is 3.07. The Bertz CT molecular complexity index is 917. The van der Waals surface area contributed by atoms with Crippen LogP contribution in [0, 0.1) is 13.8 Å². The summed E-state index contributed by atoms with van der Waals surface area (Å²) in [6.45, 7) is 6.96. The van der Waals surface area contributed by atoms with E-state index in [1.54, 1.807) is 16.6 Å². The van der Waals surface area contributed by atoms with Gasteiger partial charge in [-0.3, -0.25) is 14.6 Å². The van der Waals surface area contributed by atoms with Crippen LogP contribution in [0.5, 0.6) is 0 Å². The van der Waals surface area contributed by atoms with E-state index < -0.39 is 0 Å². The lowest BCUT2D eigenvalue weighted by molar-refractivity contribution is -0.134. The van der Waals surface area contributed by atoms with Crippen molar-refractivity contribution in [3.63, 3.8) is 0 Å². The Hall–Kier alpha value is -3.01. The predicted octanol–water partition coefficient (Wildman–Crippen LogP) is 0.641. The molecule has 1 atom stereocenters. The summed E-state index contributed by atoms with van der Waals surface area (Å²) < 4.78 is 1.79. The van der Waals surface area contributed by atoms with Crippen LogP contribution in [0.2, 0.25) is 0 Å². The number of hydrogen-bond donors (Lipinski definition) is 0. The second kappa shape index (κ2) is 7.43. The standard InChI is InChI=1S/C19H26N8O2/c1-13-11-14(2)27(22-13)16-6-5-15(20-21-16)25-7-9-26(10-8-25)17-12-18(28)24(4)19(29)23(17)3/h5-6,11,17H,7-10,12H2,1-4H3. The highest BCUT2D eigenvalue weighted by Gasteiger charge is 2.38. The van der Waals surface area contributed by atoms with Crippen molar-refractivity contribution in [3.05, 3.63) is 29.6 Å². The van der Waals surface area contributed by atoms with Gasteiger partial charge in [-0.2, -0.15) is 5.10 Å². The van der Waals surface area contributed by atoms with Gasteiger partial charge in [0.15, 0.2) is 11.6 Å². The average molecular weight is 398 g/mol. The molecular formula is C19H26N8O2. The third-order valence-electron chi connectivity index (χ3n) is 5.69. The number of aryl methyl sites for hydroxylation is 2. The van der Waals surface area contributed by atoms with E-state index in [1.807, 2.05) is 32.0 Å². The lowest BCUT2D eigenvalue weighted by Gasteiger charge is -2.45. The largest absolute Gasteiger partial charge is 0.353 e. The minimum atomic E-state index is -0.251. The number of imide groups is 1. The Morgan fingerprint density at radius 1 is 0.966 bits per heavy atom. The molecule has 0 radical (unpaired) electrons. The molecule has 0 spiro atoms. The summed E-state index contributed by atoms with van der Waals surface area (Å²) >= 11 is 0. The molecule has 2 aliphatic heterocycles. The first kappa shape index (κ1) is 19.3. The Balaban J connectivity index is 1.40. The van der Waals surface area contributed by atoms with Crippen LogP contribution in [0.3, 0.4) is 0 Å². The van der Waals surface area contributed by atoms with E-state index in [0.29, 0.717) is 12.2 Å². The van der Waals surface area contributed by atoms with E-state index in [9.17, 15) is 9.59 Å². The molecule has 2 saturated heterocycles. The number of aromatic nitrogens is 4. The summed E-state index contributed by atoms with van der Waals surface area (Å²) in [7, 11) is 3.29. The highest BCUT2D eigenvalue weighted by atomic mass is 16.2. The first-order valence-corrected chi connectivity index (χ1v) is 9.75. The number of piperazine rings is 1. The van der Waals surface area contributed by atoms with Gasteiger partial charge in [0.05, 0.1) is 18.3 Å². The number of carbonyl (C=O) groups excluding carboxylic acids is 2. The quantitative estimate of drug-likeness (QED) is 0.749. The molecule has 0 N–H and O–H groups in total. The first-order chi connectivity index (χ1) is 13.8. The minimum absolute atomic E-state index is 0.133. The van der Waals surface area contributed by atoms with Gasteiger partial charge >= 0.3 is 6.03 Å². The van der Waals surface area contributed by atoms with Gasteiger partial charge in [0.1, 0.15) is 0 Å². The summed E-state index contributed by atoms with van der Waals surface area (Å²) in [5.41, 5.74) is 1.96. The summed E-state index contributed by atoms with van der Waals surface area (Å²) in [6.07, 6.45) is 0.142. The normalized spacial score (nSPS) is 21.2. The molecular weight excluding hydrogens is 372 g/mol. The van der Waals surface area contributed by atoms with Crippen LogP contribution >= 0.6 is 0 Å². The van der Waals surface area contributed by atoms with E-state index in [2.05, 4.69) is 25.1 Å². The van der Waals surface area contributed by atoms with Gasteiger partial charge in [0, 0.05) is 46.0 Å². The number of urea groups is 1. The number of hydrogen-bond acceptors (Lipinski definition) is 7. The van der Waals surface area contributed by atoms with Crippen molar-refractivity contribution in [1.29, 1.82) is 0 Å². The Kier molecular flexibility index (Phi) is 4.95. The van der Waals surface area contributed by atoms with Crippen molar-refractivity contribution in [2.24, 2.45) is 0 Å². The molecule has 10 heteroatoms. The van der Waals surface area contributed by atoms with E-state index in [-0.39, 0.29) is 18.1 Å². The van der Waals surface area contributed by atoms with E-state index in [1.165, 1.54) is 11.9 Å². The Morgan fingerprint density at radius 3 is 2.21 bits per heavy atom. The van der Waals surface area contributed by atoms with E-state index in [4.69, 9.17) is 0 Å². The summed E-state index contributed by atoms with van der Waals surface area (Å²) in [5, 5.41) is 13.2. The number of amides is 3. The Labute approximate surface area is 169 Å². The van der Waals surface area contributed by atoms with Crippen molar-refractivity contribution in [2.45, 2.75) is 26.4 Å². The van der Waals surface area contributed by atoms with Gasteiger partial charge < -0.3 is 9.80 Å². The third-order valence-corrected chi connectivity index (χ3v) is 5.69. The fraction of sp³-hybridized carbons (Fsp3) is 0.526. The molecule has 2 aromatic heterocycles. The van der Waals surface area contributed by atoms with Gasteiger partial charge in [0.25, 0.3) is 0 Å². The molecule has 4 heterocycles. The van der Waals surface area contributed by atoms with Crippen molar-refractivity contribution in [2.75, 3.05) is 45.2 Å². The highest BCUT2D eigenvalue weighted by Crippen LogP contribution is 2.21. The topological polar surface area (TPSA) is 90.7 Å². The molecule has 29 heavy (non-hydrogen) atoms. The Morgan fingerprint density at radius 2 is 1.62 bits per heavy atom. The zero-order valence-corrected chi connectivity index (χ0v) is 17.2. The molecule has 1 unspecified atom stereocenters. The molecule has 0 aromatic carbocycles. The molecule has 0 bridgehead atoms. The van der Waals surface area contributed by atoms with Gasteiger partial charge in [0.2, 0.25) is 5.91 Å². The fourth-order valence-corrected chi connectivity index (χ4v) is 3.98. The molecule has 2 aliphatic rings. The molecule has 0 aliphatic carbocycles. The maximum atomic E-state index is 12.2. The van der Waals surface area contributed by atoms with Crippen LogP contribution in [0.25, 0.3) is 5.82 Å². The van der Waals surface area contributed by atoms with Crippen LogP contribution in [-0.2, 0) is 4.79 Å². The van der Waals surface area contributed by atoms with Gasteiger partial charge in [-0.25, -0.2) is 9.48 Å². The molecule has 154 valence electrons. The lowest BCUT2D eigenvalue weighted by atomic mass is 10.1. The van der Waals surface area contributed by atoms with E-state index >= 15 is 0 Å². The zero-order valence-electron chi connectivity index (χ0n) is 17.2. The first-order valence-electron chi connectivity index (χ1n) is 9.75. The van der Waals surface area contributed by atoms with Crippen LogP contribution in [0.1, 0.15) is 17.8 Å². The van der Waals surface area contributed by atoms with Crippen molar-refractivity contribution in [1.82, 2.24) is 34.7 Å². The number of anilines is 1. The number of nitrogens with zero attached hydrogens (tertiary/aromatic N) is 8. The van der Waals surface area contributed by atoms with Crippen molar-refractivity contribution in [3.8, 4) is 5.82 Å². The predicted molar refractivity (Wildman–Crippen MR) is 107 cm³/mol. The molecule has 0 saturated carbocycles. The summed E-state index contributed by atoms with van der Waals surface area (Å²) in [6, 6.07) is 5.64. The van der Waals surface area contributed by atoms with Crippen LogP contribution < -0.4 is 4.90 Å². The van der Waals surface area contributed by atoms with Crippen LogP contribution in [0.15, 0.2) is 18.2 Å². The minimum Gasteiger partial charge on any atom is -0.353 e. The molecule has 3 amide bonds. The van der Waals surface area contributed by atoms with Crippen molar-refractivity contribution < 1.29 is 9.59 Å². The fourth-order valence-electron chi connectivity index (χ4n) is 3.98.